The minimum Gasteiger partial charge on any atom is -0.454 e. The number of nitrogens with one attached hydrogen (secondary N) is 1. The number of aliphatic imine (C=N–C) groups is 1. The van der Waals surface area contributed by atoms with Gasteiger partial charge < -0.3 is 20.4 Å². The van der Waals surface area contributed by atoms with E-state index in [2.05, 4.69) is 41.5 Å². The molecule has 0 spiro atoms. The number of rotatable bonds is 5. The third-order valence-electron chi connectivity index (χ3n) is 3.44. The van der Waals surface area contributed by atoms with Crippen LogP contribution in [0.5, 0.6) is 0 Å². The normalized spacial score (nSPS) is 11.3. The largest absolute Gasteiger partial charge is 0.454 e. The molecule has 1 heterocycles. The maximum atomic E-state index is 11.0. The van der Waals surface area contributed by atoms with E-state index in [0.29, 0.717) is 12.3 Å². The molecule has 1 aromatic carbocycles. The van der Waals surface area contributed by atoms with Crippen LogP contribution in [0.4, 0.5) is 0 Å². The van der Waals surface area contributed by atoms with E-state index in [1.165, 1.54) is 11.1 Å². The molecule has 122 valence electrons. The zero-order valence-electron chi connectivity index (χ0n) is 13.7. The fourth-order valence-corrected chi connectivity index (χ4v) is 2.20. The molecule has 6 heteroatoms. The first-order valence-electron chi connectivity index (χ1n) is 7.35. The summed E-state index contributed by atoms with van der Waals surface area (Å²) in [6.07, 6.45) is 0. The van der Waals surface area contributed by atoms with Crippen molar-refractivity contribution in [2.24, 2.45) is 10.7 Å². The van der Waals surface area contributed by atoms with Gasteiger partial charge in [-0.25, -0.2) is 0 Å². The highest BCUT2D eigenvalue weighted by molar-refractivity contribution is 5.89. The van der Waals surface area contributed by atoms with Gasteiger partial charge in [-0.15, -0.1) is 0 Å². The smallest absolute Gasteiger partial charge is 0.284 e. The quantitative estimate of drug-likeness (QED) is 0.652. The van der Waals surface area contributed by atoms with Crippen molar-refractivity contribution in [1.29, 1.82) is 0 Å². The second kappa shape index (κ2) is 7.49. The van der Waals surface area contributed by atoms with E-state index < -0.39 is 5.91 Å². The number of hydrogen-bond acceptors (Lipinski definition) is 3. The van der Waals surface area contributed by atoms with E-state index in [0.717, 1.165) is 12.5 Å². The molecule has 3 N–H and O–H groups in total. The Morgan fingerprint density at radius 3 is 2.52 bits per heavy atom. The maximum absolute atomic E-state index is 11.0. The van der Waals surface area contributed by atoms with Crippen molar-refractivity contribution in [2.45, 2.75) is 20.0 Å². The van der Waals surface area contributed by atoms with Crippen LogP contribution in [-0.4, -0.2) is 30.9 Å². The van der Waals surface area contributed by atoms with Crippen LogP contribution in [-0.2, 0) is 13.1 Å². The lowest BCUT2D eigenvalue weighted by atomic mass is 10.1. The molecule has 23 heavy (non-hydrogen) atoms. The monoisotopic (exact) mass is 314 g/mol. The van der Waals surface area contributed by atoms with Crippen molar-refractivity contribution in [1.82, 2.24) is 10.2 Å². The molecule has 2 rings (SSSR count). The van der Waals surface area contributed by atoms with Crippen molar-refractivity contribution in [3.8, 4) is 0 Å². The average Bonchev–Trinajstić information content (AvgIpc) is 2.99. The van der Waals surface area contributed by atoms with Gasteiger partial charge in [0.1, 0.15) is 5.76 Å². The van der Waals surface area contributed by atoms with E-state index in [1.54, 1.807) is 19.2 Å². The summed E-state index contributed by atoms with van der Waals surface area (Å²) in [6.45, 7) is 3.24. The molecule has 0 radical (unpaired) electrons. The van der Waals surface area contributed by atoms with Crippen LogP contribution in [0.3, 0.4) is 0 Å². The molecule has 0 saturated carbocycles. The molecule has 0 aliphatic carbocycles. The first-order valence-corrected chi connectivity index (χ1v) is 7.35. The summed E-state index contributed by atoms with van der Waals surface area (Å²) in [6, 6.07) is 11.7. The minimum absolute atomic E-state index is 0.157. The van der Waals surface area contributed by atoms with Gasteiger partial charge >= 0.3 is 0 Å². The van der Waals surface area contributed by atoms with Crippen LogP contribution in [0.15, 0.2) is 45.8 Å². The van der Waals surface area contributed by atoms with Gasteiger partial charge in [-0.3, -0.25) is 9.79 Å². The molecule has 0 bridgehead atoms. The SMILES string of the molecule is CN=C(NCc1ccc(C(N)=O)o1)N(C)Cc1ccc(C)cc1. The lowest BCUT2D eigenvalue weighted by Gasteiger charge is -2.22. The van der Waals surface area contributed by atoms with Gasteiger partial charge in [0.2, 0.25) is 0 Å². The summed E-state index contributed by atoms with van der Waals surface area (Å²) in [5.41, 5.74) is 7.61. The minimum atomic E-state index is -0.572. The molecule has 1 amide bonds. The molecule has 0 atom stereocenters. The van der Waals surface area contributed by atoms with Gasteiger partial charge in [-0.2, -0.15) is 0 Å². The molecule has 0 saturated heterocycles. The molecule has 0 aliphatic heterocycles. The fourth-order valence-electron chi connectivity index (χ4n) is 2.20. The van der Waals surface area contributed by atoms with Crippen LogP contribution in [0.25, 0.3) is 0 Å². The number of furan rings is 1. The molecule has 6 nitrogen and oxygen atoms in total. The number of primary amides is 1. The zero-order valence-corrected chi connectivity index (χ0v) is 13.7. The number of carbonyl (C=O) groups excluding carboxylic acids is 1. The Kier molecular flexibility index (Phi) is 5.41. The lowest BCUT2D eigenvalue weighted by molar-refractivity contribution is 0.0972. The van der Waals surface area contributed by atoms with Gasteiger partial charge in [0.15, 0.2) is 11.7 Å². The number of nitrogens with two attached hydrogens (primary N) is 1. The molecular weight excluding hydrogens is 292 g/mol. The number of carbonyl (C=O) groups is 1. The Bertz CT molecular complexity index is 689. The highest BCUT2D eigenvalue weighted by Crippen LogP contribution is 2.08. The fraction of sp³-hybridized carbons (Fsp3) is 0.294. The van der Waals surface area contributed by atoms with Gasteiger partial charge in [-0.1, -0.05) is 29.8 Å². The van der Waals surface area contributed by atoms with E-state index >= 15 is 0 Å². The first-order chi connectivity index (χ1) is 11.0. The predicted octanol–water partition coefficient (Wildman–Crippen LogP) is 1.89. The molecular formula is C17H22N4O2. The number of aryl methyl sites for hydroxylation is 1. The van der Waals surface area contributed by atoms with Crippen molar-refractivity contribution < 1.29 is 9.21 Å². The van der Waals surface area contributed by atoms with E-state index in [4.69, 9.17) is 10.2 Å². The Labute approximate surface area is 136 Å². The van der Waals surface area contributed by atoms with E-state index in [1.807, 2.05) is 11.9 Å². The van der Waals surface area contributed by atoms with Gasteiger partial charge in [0.05, 0.1) is 6.54 Å². The summed E-state index contributed by atoms with van der Waals surface area (Å²) in [4.78, 5) is 17.3. The van der Waals surface area contributed by atoms with Crippen molar-refractivity contribution in [2.75, 3.05) is 14.1 Å². The maximum Gasteiger partial charge on any atom is 0.284 e. The topological polar surface area (TPSA) is 83.9 Å². The zero-order chi connectivity index (χ0) is 16.8. The summed E-state index contributed by atoms with van der Waals surface area (Å²) in [5.74, 6) is 0.952. The average molecular weight is 314 g/mol. The van der Waals surface area contributed by atoms with Gasteiger partial charge in [0.25, 0.3) is 5.91 Å². The van der Waals surface area contributed by atoms with Crippen LogP contribution in [0.2, 0.25) is 0 Å². The van der Waals surface area contributed by atoms with Crippen LogP contribution in [0, 0.1) is 6.92 Å². The molecule has 1 aromatic heterocycles. The van der Waals surface area contributed by atoms with E-state index in [9.17, 15) is 4.79 Å². The van der Waals surface area contributed by atoms with E-state index in [-0.39, 0.29) is 5.76 Å². The molecule has 0 fully saturated rings. The Morgan fingerprint density at radius 1 is 1.26 bits per heavy atom. The molecule has 0 aliphatic rings. The number of guanidine groups is 1. The summed E-state index contributed by atoms with van der Waals surface area (Å²) in [7, 11) is 3.69. The number of amides is 1. The summed E-state index contributed by atoms with van der Waals surface area (Å²) in [5, 5.41) is 3.20. The van der Waals surface area contributed by atoms with Gasteiger partial charge in [0, 0.05) is 20.6 Å². The third kappa shape index (κ3) is 4.60. The number of hydrogen-bond donors (Lipinski definition) is 2. The highest BCUT2D eigenvalue weighted by atomic mass is 16.3. The Morgan fingerprint density at radius 2 is 1.96 bits per heavy atom. The summed E-state index contributed by atoms with van der Waals surface area (Å²) < 4.78 is 5.34. The second-order valence-electron chi connectivity index (χ2n) is 5.37. The van der Waals surface area contributed by atoms with Crippen LogP contribution in [0.1, 0.15) is 27.4 Å². The predicted molar refractivity (Wildman–Crippen MR) is 90.1 cm³/mol. The summed E-state index contributed by atoms with van der Waals surface area (Å²) >= 11 is 0. The van der Waals surface area contributed by atoms with Crippen molar-refractivity contribution in [3.63, 3.8) is 0 Å². The van der Waals surface area contributed by atoms with Crippen molar-refractivity contribution in [3.05, 3.63) is 59.0 Å². The Hall–Kier alpha value is -2.76. The van der Waals surface area contributed by atoms with Crippen LogP contribution < -0.4 is 11.1 Å². The first kappa shape index (κ1) is 16.6. The third-order valence-corrected chi connectivity index (χ3v) is 3.44. The highest BCUT2D eigenvalue weighted by Gasteiger charge is 2.10. The Balaban J connectivity index is 1.93. The molecule has 0 unspecified atom stereocenters. The molecule has 2 aromatic rings. The van der Waals surface area contributed by atoms with Gasteiger partial charge in [-0.05, 0) is 24.6 Å². The van der Waals surface area contributed by atoms with Crippen molar-refractivity contribution >= 4 is 11.9 Å². The second-order valence-corrected chi connectivity index (χ2v) is 5.37. The number of benzene rings is 1. The van der Waals surface area contributed by atoms with Crippen LogP contribution >= 0.6 is 0 Å². The number of nitrogens with zero attached hydrogens (tertiary/aromatic N) is 2. The standard InChI is InChI=1S/C17H22N4O2/c1-12-4-6-13(7-5-12)11-21(3)17(19-2)20-10-14-8-9-15(23-14)16(18)22/h4-9H,10-11H2,1-3H3,(H2,18,22)(H,19,20). The lowest BCUT2D eigenvalue weighted by Crippen LogP contribution is -2.37.